The summed E-state index contributed by atoms with van der Waals surface area (Å²) in [6, 6.07) is 14.1. The highest BCUT2D eigenvalue weighted by Crippen LogP contribution is 2.18. The monoisotopic (exact) mass is 338 g/mol. The normalized spacial score (nSPS) is 14.7. The van der Waals surface area contributed by atoms with Gasteiger partial charge in [-0.1, -0.05) is 32.0 Å². The molecule has 1 aliphatic rings. The minimum absolute atomic E-state index is 0.0332. The number of hydrogen-bond donors (Lipinski definition) is 1. The summed E-state index contributed by atoms with van der Waals surface area (Å²) in [6.45, 7) is 9.33. The van der Waals surface area contributed by atoms with E-state index >= 15 is 0 Å². The third-order valence-electron chi connectivity index (χ3n) is 4.59. The summed E-state index contributed by atoms with van der Waals surface area (Å²) >= 11 is 0. The molecule has 1 N–H and O–H groups in total. The van der Waals surface area contributed by atoms with Gasteiger partial charge in [-0.3, -0.25) is 0 Å². The van der Waals surface area contributed by atoms with Gasteiger partial charge >= 0.3 is 6.03 Å². The molecule has 0 unspecified atom stereocenters. The van der Waals surface area contributed by atoms with Crippen molar-refractivity contribution in [3.63, 3.8) is 0 Å². The summed E-state index contributed by atoms with van der Waals surface area (Å²) in [4.78, 5) is 21.1. The van der Waals surface area contributed by atoms with Crippen LogP contribution in [0, 0.1) is 6.92 Å². The lowest BCUT2D eigenvalue weighted by molar-refractivity contribution is 0.208. The van der Waals surface area contributed by atoms with E-state index in [-0.39, 0.29) is 6.03 Å². The van der Waals surface area contributed by atoms with Crippen molar-refractivity contribution in [3.05, 3.63) is 53.7 Å². The summed E-state index contributed by atoms with van der Waals surface area (Å²) in [5.41, 5.74) is 3.14. The lowest BCUT2D eigenvalue weighted by Gasteiger charge is -2.35. The molecule has 1 aliphatic heterocycles. The molecular weight excluding hydrogens is 312 g/mol. The molecule has 0 spiro atoms. The minimum Gasteiger partial charge on any atom is -0.353 e. The molecule has 0 radical (unpaired) electrons. The highest BCUT2D eigenvalue weighted by atomic mass is 16.2. The minimum atomic E-state index is -0.0332. The third-order valence-corrected chi connectivity index (χ3v) is 4.59. The van der Waals surface area contributed by atoms with Crippen molar-refractivity contribution in [2.24, 2.45) is 0 Å². The van der Waals surface area contributed by atoms with Gasteiger partial charge in [0, 0.05) is 37.6 Å². The Morgan fingerprint density at radius 1 is 1.04 bits per heavy atom. The molecule has 132 valence electrons. The number of aryl methyl sites for hydroxylation is 1. The van der Waals surface area contributed by atoms with E-state index in [1.54, 1.807) is 0 Å². The second kappa shape index (κ2) is 7.55. The predicted octanol–water partition coefficient (Wildman–Crippen LogP) is 3.87. The molecule has 25 heavy (non-hydrogen) atoms. The molecule has 5 heteroatoms. The molecule has 0 saturated carbocycles. The summed E-state index contributed by atoms with van der Waals surface area (Å²) in [6.07, 6.45) is 0. The fourth-order valence-electron chi connectivity index (χ4n) is 3.00. The number of aromatic nitrogens is 1. The molecule has 1 fully saturated rings. The standard InChI is InChI=1S/C20H26N4O/c1-15(2)17-7-9-18(10-8-17)22-20(25)24-13-11-23(12-14-24)19-6-4-5-16(3)21-19/h4-10,15H,11-14H2,1-3H3,(H,22,25). The summed E-state index contributed by atoms with van der Waals surface area (Å²) < 4.78 is 0. The van der Waals surface area contributed by atoms with Gasteiger partial charge < -0.3 is 15.1 Å². The van der Waals surface area contributed by atoms with E-state index in [0.29, 0.717) is 19.0 Å². The van der Waals surface area contributed by atoms with Crippen LogP contribution in [0.3, 0.4) is 0 Å². The second-order valence-corrected chi connectivity index (χ2v) is 6.82. The number of anilines is 2. The van der Waals surface area contributed by atoms with Crippen molar-refractivity contribution < 1.29 is 4.79 Å². The van der Waals surface area contributed by atoms with Crippen LogP contribution in [0.5, 0.6) is 0 Å². The van der Waals surface area contributed by atoms with Gasteiger partial charge in [0.25, 0.3) is 0 Å². The largest absolute Gasteiger partial charge is 0.353 e. The van der Waals surface area contributed by atoms with Crippen LogP contribution in [0.25, 0.3) is 0 Å². The Hall–Kier alpha value is -2.56. The topological polar surface area (TPSA) is 48.5 Å². The number of amides is 2. The highest BCUT2D eigenvalue weighted by molar-refractivity contribution is 5.89. The number of pyridine rings is 1. The van der Waals surface area contributed by atoms with Gasteiger partial charge in [-0.15, -0.1) is 0 Å². The molecule has 2 aromatic rings. The molecule has 5 nitrogen and oxygen atoms in total. The molecule has 0 atom stereocenters. The van der Waals surface area contributed by atoms with E-state index in [1.165, 1.54) is 5.56 Å². The molecule has 2 heterocycles. The molecule has 0 aliphatic carbocycles. The van der Waals surface area contributed by atoms with Gasteiger partial charge in [0.15, 0.2) is 0 Å². The first-order valence-corrected chi connectivity index (χ1v) is 8.87. The fraction of sp³-hybridized carbons (Fsp3) is 0.400. The van der Waals surface area contributed by atoms with E-state index in [1.807, 2.05) is 42.2 Å². The van der Waals surface area contributed by atoms with Crippen LogP contribution in [0.2, 0.25) is 0 Å². The van der Waals surface area contributed by atoms with E-state index in [2.05, 4.69) is 41.2 Å². The number of nitrogens with zero attached hydrogens (tertiary/aromatic N) is 3. The van der Waals surface area contributed by atoms with Gasteiger partial charge in [-0.05, 0) is 42.7 Å². The summed E-state index contributed by atoms with van der Waals surface area (Å²) in [7, 11) is 0. The van der Waals surface area contributed by atoms with E-state index in [0.717, 1.165) is 30.3 Å². The molecule has 3 rings (SSSR count). The lowest BCUT2D eigenvalue weighted by Crippen LogP contribution is -2.50. The molecule has 1 aromatic heterocycles. The van der Waals surface area contributed by atoms with Crippen molar-refractivity contribution in [3.8, 4) is 0 Å². The maximum Gasteiger partial charge on any atom is 0.321 e. The quantitative estimate of drug-likeness (QED) is 0.924. The van der Waals surface area contributed by atoms with E-state index < -0.39 is 0 Å². The maximum absolute atomic E-state index is 12.5. The van der Waals surface area contributed by atoms with E-state index in [9.17, 15) is 4.79 Å². The Morgan fingerprint density at radius 2 is 1.72 bits per heavy atom. The Bertz CT molecular complexity index is 719. The Labute approximate surface area is 149 Å². The first-order valence-electron chi connectivity index (χ1n) is 8.87. The number of hydrogen-bond acceptors (Lipinski definition) is 3. The predicted molar refractivity (Wildman–Crippen MR) is 102 cm³/mol. The van der Waals surface area contributed by atoms with Crippen LogP contribution in [-0.2, 0) is 0 Å². The molecule has 1 saturated heterocycles. The van der Waals surface area contributed by atoms with Gasteiger partial charge in [-0.2, -0.15) is 0 Å². The van der Waals surface area contributed by atoms with Crippen molar-refractivity contribution >= 4 is 17.5 Å². The zero-order valence-corrected chi connectivity index (χ0v) is 15.2. The second-order valence-electron chi connectivity index (χ2n) is 6.82. The van der Waals surface area contributed by atoms with E-state index in [4.69, 9.17) is 0 Å². The van der Waals surface area contributed by atoms with Crippen molar-refractivity contribution in [2.75, 3.05) is 36.4 Å². The zero-order valence-electron chi connectivity index (χ0n) is 15.2. The van der Waals surface area contributed by atoms with Crippen molar-refractivity contribution in [1.29, 1.82) is 0 Å². The fourth-order valence-corrected chi connectivity index (χ4v) is 3.00. The number of urea groups is 1. The first-order chi connectivity index (χ1) is 12.0. The third kappa shape index (κ3) is 4.29. The summed E-state index contributed by atoms with van der Waals surface area (Å²) in [5, 5.41) is 2.99. The van der Waals surface area contributed by atoms with Crippen LogP contribution in [0.4, 0.5) is 16.3 Å². The van der Waals surface area contributed by atoms with Crippen LogP contribution in [-0.4, -0.2) is 42.1 Å². The summed E-state index contributed by atoms with van der Waals surface area (Å²) in [5.74, 6) is 1.48. The number of piperazine rings is 1. The van der Waals surface area contributed by atoms with Crippen molar-refractivity contribution in [1.82, 2.24) is 9.88 Å². The number of benzene rings is 1. The molecule has 0 bridgehead atoms. The highest BCUT2D eigenvalue weighted by Gasteiger charge is 2.22. The molecular formula is C20H26N4O. The van der Waals surface area contributed by atoms with Crippen LogP contribution in [0.1, 0.15) is 31.0 Å². The number of carbonyl (C=O) groups excluding carboxylic acids is 1. The molecule has 1 aromatic carbocycles. The van der Waals surface area contributed by atoms with Gasteiger partial charge in [-0.25, -0.2) is 9.78 Å². The van der Waals surface area contributed by atoms with Crippen LogP contribution >= 0.6 is 0 Å². The van der Waals surface area contributed by atoms with Gasteiger partial charge in [0.2, 0.25) is 0 Å². The Morgan fingerprint density at radius 3 is 2.32 bits per heavy atom. The SMILES string of the molecule is Cc1cccc(N2CCN(C(=O)Nc3ccc(C(C)C)cc3)CC2)n1. The van der Waals surface area contributed by atoms with Gasteiger partial charge in [0.05, 0.1) is 0 Å². The lowest BCUT2D eigenvalue weighted by atomic mass is 10.0. The zero-order chi connectivity index (χ0) is 17.8. The van der Waals surface area contributed by atoms with Crippen LogP contribution < -0.4 is 10.2 Å². The smallest absolute Gasteiger partial charge is 0.321 e. The number of carbonyl (C=O) groups is 1. The first kappa shape index (κ1) is 17.3. The Kier molecular flexibility index (Phi) is 5.22. The van der Waals surface area contributed by atoms with Crippen LogP contribution in [0.15, 0.2) is 42.5 Å². The average Bonchev–Trinajstić information content (AvgIpc) is 2.62. The van der Waals surface area contributed by atoms with Gasteiger partial charge in [0.1, 0.15) is 5.82 Å². The maximum atomic E-state index is 12.5. The van der Waals surface area contributed by atoms with Crippen molar-refractivity contribution in [2.45, 2.75) is 26.7 Å². The number of nitrogens with one attached hydrogen (secondary N) is 1. The number of rotatable bonds is 3. The Balaban J connectivity index is 1.54. The molecule has 2 amide bonds. The average molecular weight is 338 g/mol.